The van der Waals surface area contributed by atoms with Crippen LogP contribution in [0.15, 0.2) is 36.5 Å². The predicted molar refractivity (Wildman–Crippen MR) is 77.2 cm³/mol. The average Bonchev–Trinajstić information content (AvgIpc) is 3.01. The molecule has 22 heavy (non-hydrogen) atoms. The molecular weight excluding hydrogens is 288 g/mol. The van der Waals surface area contributed by atoms with Crippen LogP contribution < -0.4 is 5.32 Å². The van der Waals surface area contributed by atoms with Crippen LogP contribution >= 0.6 is 0 Å². The fraction of sp³-hybridized carbons (Fsp3) is 0.286. The lowest BCUT2D eigenvalue weighted by Gasteiger charge is -2.21. The minimum absolute atomic E-state index is 0.178. The van der Waals surface area contributed by atoms with Crippen molar-refractivity contribution in [1.29, 1.82) is 0 Å². The van der Waals surface area contributed by atoms with Crippen molar-refractivity contribution in [2.24, 2.45) is 0 Å². The van der Waals surface area contributed by atoms with Gasteiger partial charge in [-0.05, 0) is 12.1 Å². The highest BCUT2D eigenvalue weighted by atomic mass is 16.6. The third kappa shape index (κ3) is 2.74. The Kier molecular flexibility index (Phi) is 3.94. The van der Waals surface area contributed by atoms with Crippen LogP contribution in [0.2, 0.25) is 0 Å². The number of hydrogen-bond donors (Lipinski definition) is 1. The van der Waals surface area contributed by atoms with Gasteiger partial charge in [0, 0.05) is 13.1 Å². The zero-order valence-electron chi connectivity index (χ0n) is 11.6. The average molecular weight is 302 g/mol. The van der Waals surface area contributed by atoms with Crippen LogP contribution in [0.4, 0.5) is 5.69 Å². The number of nitrogens with one attached hydrogen (secondary N) is 1. The number of para-hydroxylation sites is 1. The van der Waals surface area contributed by atoms with E-state index in [0.717, 1.165) is 0 Å². The highest BCUT2D eigenvalue weighted by Crippen LogP contribution is 2.22. The van der Waals surface area contributed by atoms with Crippen LogP contribution in [0, 0.1) is 10.1 Å². The van der Waals surface area contributed by atoms with Gasteiger partial charge < -0.3 is 10.1 Å². The summed E-state index contributed by atoms with van der Waals surface area (Å²) in [5.41, 5.74) is 0.151. The minimum atomic E-state index is -0.744. The number of carbonyl (C=O) groups excluding carboxylic acids is 1. The molecule has 114 valence electrons. The summed E-state index contributed by atoms with van der Waals surface area (Å²) in [4.78, 5) is 23.0. The maximum Gasteiger partial charge on any atom is 0.318 e. The van der Waals surface area contributed by atoms with Crippen LogP contribution in [0.25, 0.3) is 5.69 Å². The summed E-state index contributed by atoms with van der Waals surface area (Å²) < 4.78 is 6.69. The molecule has 2 heterocycles. The number of nitro groups is 1. The van der Waals surface area contributed by atoms with E-state index < -0.39 is 16.8 Å². The first-order valence-electron chi connectivity index (χ1n) is 6.83. The lowest BCUT2D eigenvalue weighted by Crippen LogP contribution is -2.43. The molecule has 2 aromatic rings. The van der Waals surface area contributed by atoms with Gasteiger partial charge in [-0.3, -0.25) is 14.9 Å². The standard InChI is InChI=1S/C14H14N4O4/c19-14(12-8-15-6-7-22-12)13-11(18(20)21)9-17(16-13)10-4-2-1-3-5-10/h1-5,9,12,15H,6-8H2. The second-order valence-electron chi connectivity index (χ2n) is 4.83. The Labute approximate surface area is 125 Å². The maximum atomic E-state index is 12.4. The number of morpholine rings is 1. The Bertz CT molecular complexity index is 692. The van der Waals surface area contributed by atoms with Crippen molar-refractivity contribution in [2.75, 3.05) is 19.7 Å². The van der Waals surface area contributed by atoms with E-state index in [-0.39, 0.29) is 11.4 Å². The van der Waals surface area contributed by atoms with Crippen LogP contribution in [0.1, 0.15) is 10.5 Å². The molecule has 1 aromatic carbocycles. The summed E-state index contributed by atoms with van der Waals surface area (Å²) in [6, 6.07) is 8.92. The van der Waals surface area contributed by atoms with E-state index in [1.807, 2.05) is 6.07 Å². The highest BCUT2D eigenvalue weighted by molar-refractivity contribution is 6.01. The number of Topliss-reactive ketones (excluding diaryl/α,β-unsaturated/α-hetero) is 1. The monoisotopic (exact) mass is 302 g/mol. The number of carbonyl (C=O) groups is 1. The molecule has 1 atom stereocenters. The fourth-order valence-corrected chi connectivity index (χ4v) is 2.27. The van der Waals surface area contributed by atoms with Gasteiger partial charge in [-0.1, -0.05) is 18.2 Å². The van der Waals surface area contributed by atoms with Gasteiger partial charge in [-0.2, -0.15) is 5.10 Å². The topological polar surface area (TPSA) is 99.3 Å². The maximum absolute atomic E-state index is 12.4. The van der Waals surface area contributed by atoms with Gasteiger partial charge in [0.15, 0.2) is 0 Å². The van der Waals surface area contributed by atoms with Gasteiger partial charge in [0.1, 0.15) is 12.3 Å². The summed E-state index contributed by atoms with van der Waals surface area (Å²) in [6.07, 6.45) is 0.505. The molecule has 1 fully saturated rings. The number of ether oxygens (including phenoxy) is 1. The molecule has 0 amide bonds. The summed E-state index contributed by atoms with van der Waals surface area (Å²) in [5.74, 6) is -0.478. The van der Waals surface area contributed by atoms with Crippen LogP contribution in [-0.2, 0) is 4.74 Å². The molecular formula is C14H14N4O4. The summed E-state index contributed by atoms with van der Waals surface area (Å²) >= 11 is 0. The third-order valence-corrected chi connectivity index (χ3v) is 3.37. The zero-order valence-corrected chi connectivity index (χ0v) is 11.6. The van der Waals surface area contributed by atoms with E-state index in [2.05, 4.69) is 10.4 Å². The first-order valence-corrected chi connectivity index (χ1v) is 6.83. The molecule has 1 aliphatic heterocycles. The number of hydrogen-bond acceptors (Lipinski definition) is 6. The summed E-state index contributed by atoms with van der Waals surface area (Å²) in [6.45, 7) is 1.38. The molecule has 0 saturated carbocycles. The second kappa shape index (κ2) is 6.04. The van der Waals surface area contributed by atoms with Gasteiger partial charge >= 0.3 is 5.69 Å². The Balaban J connectivity index is 1.97. The fourth-order valence-electron chi connectivity index (χ4n) is 2.27. The van der Waals surface area contributed by atoms with Crippen molar-refractivity contribution < 1.29 is 14.5 Å². The molecule has 1 saturated heterocycles. The van der Waals surface area contributed by atoms with Crippen molar-refractivity contribution in [1.82, 2.24) is 15.1 Å². The first kappa shape index (κ1) is 14.4. The minimum Gasteiger partial charge on any atom is -0.367 e. The van der Waals surface area contributed by atoms with Crippen LogP contribution in [0.5, 0.6) is 0 Å². The van der Waals surface area contributed by atoms with E-state index in [9.17, 15) is 14.9 Å². The lowest BCUT2D eigenvalue weighted by atomic mass is 10.1. The zero-order chi connectivity index (χ0) is 15.5. The number of rotatable bonds is 4. The van der Waals surface area contributed by atoms with Crippen molar-refractivity contribution in [3.05, 3.63) is 52.3 Å². The molecule has 8 nitrogen and oxygen atoms in total. The number of nitrogens with zero attached hydrogens (tertiary/aromatic N) is 3. The molecule has 1 N–H and O–H groups in total. The van der Waals surface area contributed by atoms with E-state index in [1.54, 1.807) is 24.3 Å². The smallest absolute Gasteiger partial charge is 0.318 e. The normalized spacial score (nSPS) is 18.1. The largest absolute Gasteiger partial charge is 0.367 e. The summed E-state index contributed by atoms with van der Waals surface area (Å²) in [5, 5.41) is 18.3. The predicted octanol–water partition coefficient (Wildman–Crippen LogP) is 0.952. The molecule has 1 unspecified atom stereocenters. The lowest BCUT2D eigenvalue weighted by molar-refractivity contribution is -0.385. The quantitative estimate of drug-likeness (QED) is 0.513. The Hall–Kier alpha value is -2.58. The molecule has 0 radical (unpaired) electrons. The van der Waals surface area contributed by atoms with Crippen LogP contribution in [-0.4, -0.2) is 46.3 Å². The number of aromatic nitrogens is 2. The number of ketones is 1. The van der Waals surface area contributed by atoms with E-state index in [0.29, 0.717) is 25.4 Å². The van der Waals surface area contributed by atoms with Gasteiger partial charge in [0.25, 0.3) is 0 Å². The number of benzene rings is 1. The van der Waals surface area contributed by atoms with Crippen molar-refractivity contribution in [3.63, 3.8) is 0 Å². The van der Waals surface area contributed by atoms with E-state index >= 15 is 0 Å². The Morgan fingerprint density at radius 3 is 2.82 bits per heavy atom. The van der Waals surface area contributed by atoms with Crippen molar-refractivity contribution >= 4 is 11.5 Å². The molecule has 0 aliphatic carbocycles. The first-order chi connectivity index (χ1) is 10.7. The molecule has 0 bridgehead atoms. The summed E-state index contributed by atoms with van der Waals surface area (Å²) in [7, 11) is 0. The van der Waals surface area contributed by atoms with Gasteiger partial charge in [-0.15, -0.1) is 0 Å². The molecule has 1 aliphatic rings. The third-order valence-electron chi connectivity index (χ3n) is 3.37. The van der Waals surface area contributed by atoms with Crippen LogP contribution in [0.3, 0.4) is 0 Å². The second-order valence-corrected chi connectivity index (χ2v) is 4.83. The van der Waals surface area contributed by atoms with Gasteiger partial charge in [0.2, 0.25) is 11.5 Å². The SMILES string of the molecule is O=C(c1nn(-c2ccccc2)cc1[N+](=O)[O-])C1CNCCO1. The highest BCUT2D eigenvalue weighted by Gasteiger charge is 2.32. The molecule has 8 heteroatoms. The van der Waals surface area contributed by atoms with Crippen molar-refractivity contribution in [3.8, 4) is 5.69 Å². The molecule has 3 rings (SSSR count). The van der Waals surface area contributed by atoms with Crippen molar-refractivity contribution in [2.45, 2.75) is 6.10 Å². The van der Waals surface area contributed by atoms with Gasteiger partial charge in [0.05, 0.1) is 17.2 Å². The van der Waals surface area contributed by atoms with E-state index in [1.165, 1.54) is 10.9 Å². The Morgan fingerprint density at radius 1 is 1.41 bits per heavy atom. The van der Waals surface area contributed by atoms with Gasteiger partial charge in [-0.25, -0.2) is 4.68 Å². The van der Waals surface area contributed by atoms with E-state index in [4.69, 9.17) is 4.74 Å². The molecule has 0 spiro atoms. The molecule has 1 aromatic heterocycles. The Morgan fingerprint density at radius 2 is 2.18 bits per heavy atom.